The van der Waals surface area contributed by atoms with Crippen molar-refractivity contribution in [3.05, 3.63) is 47.4 Å². The Labute approximate surface area is 213 Å². The summed E-state index contributed by atoms with van der Waals surface area (Å²) in [5.41, 5.74) is 16.2. The molecule has 37 heavy (non-hydrogen) atoms. The van der Waals surface area contributed by atoms with Gasteiger partial charge in [0, 0.05) is 23.9 Å². The molecule has 2 aromatic heterocycles. The molecule has 2 fully saturated rings. The van der Waals surface area contributed by atoms with Crippen molar-refractivity contribution in [2.45, 2.75) is 51.3 Å². The third-order valence-corrected chi connectivity index (χ3v) is 8.43. The predicted octanol–water partition coefficient (Wildman–Crippen LogP) is 3.90. The summed E-state index contributed by atoms with van der Waals surface area (Å²) >= 11 is 0. The standard InChI is InChI=1S/C27H32FN7O2/c1-13(29)27(36)37-12-35-22-6-3-14(8-18(22)26(30)34-35)7-17-15-4-5-16(9-15)23(17)24-19-11-32-33-21(19)10-20(28)25(24)31-2/h3,6,8,10-11,13,15-17,23,31H,4-5,7,9,12,29H2,1-2H3,(H2,30,34)(H,32,33)/t13?,15?,16?,17-,23+/m1/s1. The number of nitrogens with two attached hydrogens (primary N) is 2. The number of aromatic amines is 1. The molecule has 3 unspecified atom stereocenters. The summed E-state index contributed by atoms with van der Waals surface area (Å²) in [7, 11) is 1.79. The third kappa shape index (κ3) is 3.90. The Morgan fingerprint density at radius 3 is 2.89 bits per heavy atom. The van der Waals surface area contributed by atoms with Gasteiger partial charge in [-0.3, -0.25) is 9.89 Å². The summed E-state index contributed by atoms with van der Waals surface area (Å²) in [6.45, 7) is 1.53. The highest BCUT2D eigenvalue weighted by atomic mass is 19.1. The molecule has 2 aliphatic carbocycles. The van der Waals surface area contributed by atoms with Gasteiger partial charge < -0.3 is 21.5 Å². The lowest BCUT2D eigenvalue weighted by Crippen LogP contribution is -2.29. The summed E-state index contributed by atoms with van der Waals surface area (Å²) in [5.74, 6) is 1.39. The van der Waals surface area contributed by atoms with E-state index in [2.05, 4.69) is 32.7 Å². The van der Waals surface area contributed by atoms with Gasteiger partial charge in [0.2, 0.25) is 0 Å². The van der Waals surface area contributed by atoms with Gasteiger partial charge in [0.15, 0.2) is 12.5 Å². The Balaban J connectivity index is 1.33. The summed E-state index contributed by atoms with van der Waals surface area (Å²) in [4.78, 5) is 11.8. The molecule has 194 valence electrons. The van der Waals surface area contributed by atoms with Crippen LogP contribution < -0.4 is 16.8 Å². The number of nitrogens with zero attached hydrogens (tertiary/aromatic N) is 3. The number of H-pyrrole nitrogens is 1. The molecular weight excluding hydrogens is 473 g/mol. The fourth-order valence-electron chi connectivity index (χ4n) is 6.84. The van der Waals surface area contributed by atoms with Crippen LogP contribution in [0, 0.1) is 23.6 Å². The topological polar surface area (TPSA) is 137 Å². The van der Waals surface area contributed by atoms with Crippen LogP contribution in [0.3, 0.4) is 0 Å². The highest BCUT2D eigenvalue weighted by molar-refractivity contribution is 5.90. The van der Waals surface area contributed by atoms with Crippen molar-refractivity contribution in [3.63, 3.8) is 0 Å². The Kier molecular flexibility index (Phi) is 5.78. The van der Waals surface area contributed by atoms with E-state index in [9.17, 15) is 4.79 Å². The summed E-state index contributed by atoms with van der Waals surface area (Å²) < 4.78 is 21.9. The van der Waals surface area contributed by atoms with Crippen molar-refractivity contribution >= 4 is 39.3 Å². The Hall–Kier alpha value is -3.66. The number of esters is 1. The quantitative estimate of drug-likeness (QED) is 0.280. The van der Waals surface area contributed by atoms with Gasteiger partial charge in [0.05, 0.1) is 22.9 Å². The highest BCUT2D eigenvalue weighted by Crippen LogP contribution is 2.59. The number of hydrogen-bond acceptors (Lipinski definition) is 7. The first kappa shape index (κ1) is 23.7. The zero-order valence-electron chi connectivity index (χ0n) is 21.0. The normalized spacial score (nSPS) is 23.7. The number of rotatable bonds is 7. The third-order valence-electron chi connectivity index (χ3n) is 8.43. The van der Waals surface area contributed by atoms with E-state index >= 15 is 4.39 Å². The maximum Gasteiger partial charge on any atom is 0.324 e. The molecule has 0 amide bonds. The molecule has 0 saturated heterocycles. The van der Waals surface area contributed by atoms with Gasteiger partial charge in [0.1, 0.15) is 11.9 Å². The van der Waals surface area contributed by atoms with Crippen molar-refractivity contribution in [2.75, 3.05) is 18.1 Å². The summed E-state index contributed by atoms with van der Waals surface area (Å²) in [6, 6.07) is 6.98. The minimum atomic E-state index is -0.703. The molecule has 2 aliphatic rings. The fourth-order valence-corrected chi connectivity index (χ4v) is 6.84. The number of nitrogen functional groups attached to an aromatic ring is 1. The van der Waals surface area contributed by atoms with Crippen LogP contribution in [0.5, 0.6) is 0 Å². The molecule has 6 rings (SSSR count). The van der Waals surface area contributed by atoms with E-state index in [1.54, 1.807) is 18.7 Å². The van der Waals surface area contributed by atoms with Crippen LogP contribution >= 0.6 is 0 Å². The average molecular weight is 506 g/mol. The lowest BCUT2D eigenvalue weighted by Gasteiger charge is -2.33. The number of nitrogens with one attached hydrogen (secondary N) is 2. The second kappa shape index (κ2) is 9.02. The van der Waals surface area contributed by atoms with Crippen molar-refractivity contribution in [1.29, 1.82) is 0 Å². The minimum absolute atomic E-state index is 0.0467. The molecule has 2 bridgehead atoms. The number of fused-ring (bicyclic) bond motifs is 4. The van der Waals surface area contributed by atoms with Crippen molar-refractivity contribution in [3.8, 4) is 0 Å². The largest absolute Gasteiger partial charge is 0.441 e. The maximum atomic E-state index is 15.1. The molecule has 9 nitrogen and oxygen atoms in total. The van der Waals surface area contributed by atoms with Crippen molar-refractivity contribution < 1.29 is 13.9 Å². The SMILES string of the molecule is CNc1c(F)cc2[nH]ncc2c1[C@H]1C2CCC(C2)[C@H]1Cc1ccc2c(c1)c(N)nn2COC(=O)C(C)N. The fraction of sp³-hybridized carbons (Fsp3) is 0.444. The number of anilines is 2. The first-order valence-electron chi connectivity index (χ1n) is 12.9. The summed E-state index contributed by atoms with van der Waals surface area (Å²) in [6.07, 6.45) is 6.24. The zero-order chi connectivity index (χ0) is 25.8. The van der Waals surface area contributed by atoms with Crippen LogP contribution in [0.2, 0.25) is 0 Å². The van der Waals surface area contributed by atoms with E-state index in [0.717, 1.165) is 33.8 Å². The number of benzene rings is 2. The van der Waals surface area contributed by atoms with Gasteiger partial charge >= 0.3 is 5.97 Å². The van der Waals surface area contributed by atoms with Crippen LogP contribution in [0.25, 0.3) is 21.8 Å². The van der Waals surface area contributed by atoms with Gasteiger partial charge in [0.25, 0.3) is 0 Å². The lowest BCUT2D eigenvalue weighted by molar-refractivity contribution is -0.148. The van der Waals surface area contributed by atoms with Crippen LogP contribution in [0.1, 0.15) is 43.2 Å². The molecule has 2 saturated carbocycles. The molecule has 0 spiro atoms. The van der Waals surface area contributed by atoms with Gasteiger partial charge in [-0.05, 0) is 79.5 Å². The number of aromatic nitrogens is 4. The first-order valence-corrected chi connectivity index (χ1v) is 12.9. The zero-order valence-corrected chi connectivity index (χ0v) is 21.0. The number of carbonyl (C=O) groups is 1. The number of halogens is 1. The van der Waals surface area contributed by atoms with Gasteiger partial charge in [-0.25, -0.2) is 9.07 Å². The second-order valence-corrected chi connectivity index (χ2v) is 10.6. The Morgan fingerprint density at radius 2 is 2.11 bits per heavy atom. The number of hydrogen-bond donors (Lipinski definition) is 4. The van der Waals surface area contributed by atoms with Gasteiger partial charge in [-0.1, -0.05) is 6.07 Å². The van der Waals surface area contributed by atoms with Crippen LogP contribution in [0.4, 0.5) is 15.9 Å². The van der Waals surface area contributed by atoms with Crippen molar-refractivity contribution in [2.24, 2.45) is 23.5 Å². The smallest absolute Gasteiger partial charge is 0.324 e. The minimum Gasteiger partial charge on any atom is -0.441 e. The molecule has 5 atom stereocenters. The Bertz CT molecular complexity index is 1490. The molecule has 2 aromatic carbocycles. The Morgan fingerprint density at radius 1 is 1.30 bits per heavy atom. The van der Waals surface area contributed by atoms with Crippen molar-refractivity contribution in [1.82, 2.24) is 20.0 Å². The molecular formula is C27H32FN7O2. The average Bonchev–Trinajstić information content (AvgIpc) is 3.66. The second-order valence-electron chi connectivity index (χ2n) is 10.6. The monoisotopic (exact) mass is 505 g/mol. The van der Waals surface area contributed by atoms with Gasteiger partial charge in [-0.2, -0.15) is 10.2 Å². The predicted molar refractivity (Wildman–Crippen MR) is 140 cm³/mol. The molecule has 2 heterocycles. The molecule has 0 radical (unpaired) electrons. The molecule has 0 aliphatic heterocycles. The van der Waals surface area contributed by atoms with E-state index in [0.29, 0.717) is 29.3 Å². The van der Waals surface area contributed by atoms with E-state index in [-0.39, 0.29) is 18.5 Å². The maximum absolute atomic E-state index is 15.1. The molecule has 4 aromatic rings. The van der Waals surface area contributed by atoms with Gasteiger partial charge in [-0.15, -0.1) is 0 Å². The number of ether oxygens (including phenoxy) is 1. The molecule has 10 heteroatoms. The van der Waals surface area contributed by atoms with Crippen LogP contribution in [-0.2, 0) is 22.7 Å². The van der Waals surface area contributed by atoms with E-state index < -0.39 is 12.0 Å². The van der Waals surface area contributed by atoms with E-state index in [1.807, 2.05) is 12.3 Å². The van der Waals surface area contributed by atoms with Crippen LogP contribution in [-0.4, -0.2) is 39.0 Å². The first-order chi connectivity index (χ1) is 17.9. The summed E-state index contributed by atoms with van der Waals surface area (Å²) in [5, 5.41) is 16.5. The van der Waals surface area contributed by atoms with E-state index in [4.69, 9.17) is 16.2 Å². The van der Waals surface area contributed by atoms with E-state index in [1.165, 1.54) is 30.9 Å². The highest BCUT2D eigenvalue weighted by Gasteiger charge is 2.49. The molecule has 6 N–H and O–H groups in total. The lowest BCUT2D eigenvalue weighted by atomic mass is 9.71. The van der Waals surface area contributed by atoms with Crippen LogP contribution in [0.15, 0.2) is 30.5 Å². The number of carbonyl (C=O) groups excluding carboxylic acids is 1.